The molecule has 0 unspecified atom stereocenters. The molecule has 2 nitrogen and oxygen atoms in total. The van der Waals surface area contributed by atoms with Crippen molar-refractivity contribution in [1.29, 1.82) is 0 Å². The monoisotopic (exact) mass is 126 g/mol. The molecular formula is C5H4NOS-. The van der Waals surface area contributed by atoms with E-state index in [1.165, 1.54) is 12.4 Å². The Balaban J connectivity index is 3.22. The predicted molar refractivity (Wildman–Crippen MR) is 34.0 cm³/mol. The normalized spacial score (nSPS) is 9.00. The lowest BCUT2D eigenvalue weighted by molar-refractivity contribution is 1.06. The van der Waals surface area contributed by atoms with Crippen molar-refractivity contribution in [2.75, 3.05) is 0 Å². The fourth-order valence-electron chi connectivity index (χ4n) is 0.399. The second kappa shape index (κ2) is 1.96. The van der Waals surface area contributed by atoms with Crippen molar-refractivity contribution >= 4 is 12.2 Å². The predicted octanol–water partition coefficient (Wildman–Crippen LogP) is 1.56. The standard InChI is InChI=1S/C5H4NOS/c7-6-3-1-5(8)2-4-6/h1-4H/q-1. The van der Waals surface area contributed by atoms with Gasteiger partial charge < -0.3 is 9.94 Å². The van der Waals surface area contributed by atoms with Gasteiger partial charge in [0.1, 0.15) is 0 Å². The van der Waals surface area contributed by atoms with Crippen LogP contribution in [0.4, 0.5) is 0 Å². The van der Waals surface area contributed by atoms with Gasteiger partial charge >= 0.3 is 0 Å². The maximum Gasteiger partial charge on any atom is 0.0405 e. The van der Waals surface area contributed by atoms with E-state index in [0.29, 0.717) is 9.24 Å². The molecule has 0 aromatic carbocycles. The van der Waals surface area contributed by atoms with Crippen LogP contribution in [0.5, 0.6) is 0 Å². The number of hydrogen-bond donors (Lipinski definition) is 0. The minimum Gasteiger partial charge on any atom is -0.806 e. The SMILES string of the molecule is [O-]n1ccc(=S)cc1. The summed E-state index contributed by atoms with van der Waals surface area (Å²) in [5.41, 5.74) is 0. The molecule has 3 heteroatoms. The average Bonchev–Trinajstić information content (AvgIpc) is 1.77. The van der Waals surface area contributed by atoms with E-state index in [-0.39, 0.29) is 0 Å². The molecule has 0 saturated heterocycles. The van der Waals surface area contributed by atoms with Crippen molar-refractivity contribution in [1.82, 2.24) is 4.73 Å². The van der Waals surface area contributed by atoms with Gasteiger partial charge in [0.15, 0.2) is 0 Å². The topological polar surface area (TPSA) is 28.0 Å². The summed E-state index contributed by atoms with van der Waals surface area (Å²) in [6, 6.07) is 3.17. The van der Waals surface area contributed by atoms with Gasteiger partial charge in [0.25, 0.3) is 0 Å². The molecule has 0 aliphatic rings. The summed E-state index contributed by atoms with van der Waals surface area (Å²) in [5, 5.41) is 10.3. The maximum atomic E-state index is 10.3. The van der Waals surface area contributed by atoms with Gasteiger partial charge in [-0.3, -0.25) is 0 Å². The molecule has 0 spiro atoms. The van der Waals surface area contributed by atoms with Crippen LogP contribution in [0.25, 0.3) is 0 Å². The molecule has 42 valence electrons. The highest BCUT2D eigenvalue weighted by Crippen LogP contribution is 1.87. The minimum atomic E-state index is 0.692. The summed E-state index contributed by atoms with van der Waals surface area (Å²) in [5.74, 6) is 0. The van der Waals surface area contributed by atoms with Crippen molar-refractivity contribution < 1.29 is 0 Å². The Hall–Kier alpha value is -0.830. The van der Waals surface area contributed by atoms with E-state index >= 15 is 0 Å². The van der Waals surface area contributed by atoms with Crippen molar-refractivity contribution in [2.45, 2.75) is 0 Å². The Kier molecular flexibility index (Phi) is 1.30. The molecule has 8 heavy (non-hydrogen) atoms. The number of pyridine rings is 1. The third-order valence-corrected chi connectivity index (χ3v) is 1.04. The van der Waals surface area contributed by atoms with E-state index in [4.69, 9.17) is 12.2 Å². The van der Waals surface area contributed by atoms with Crippen LogP contribution in [0.2, 0.25) is 0 Å². The maximum absolute atomic E-state index is 10.3. The highest BCUT2D eigenvalue weighted by Gasteiger charge is 1.69. The molecule has 0 bridgehead atoms. The third kappa shape index (κ3) is 1.07. The Morgan fingerprint density at radius 3 is 2.25 bits per heavy atom. The number of nitrogens with zero attached hydrogens (tertiary/aromatic N) is 1. The lowest BCUT2D eigenvalue weighted by Crippen LogP contribution is -1.81. The van der Waals surface area contributed by atoms with E-state index in [0.717, 1.165) is 0 Å². The zero-order chi connectivity index (χ0) is 5.98. The summed E-state index contributed by atoms with van der Waals surface area (Å²) >= 11 is 4.72. The summed E-state index contributed by atoms with van der Waals surface area (Å²) < 4.78 is 1.40. The Morgan fingerprint density at radius 2 is 1.88 bits per heavy atom. The van der Waals surface area contributed by atoms with Gasteiger partial charge in [0.2, 0.25) is 0 Å². The molecule has 0 fully saturated rings. The molecule has 0 radical (unpaired) electrons. The van der Waals surface area contributed by atoms with Crippen LogP contribution in [0.1, 0.15) is 0 Å². The van der Waals surface area contributed by atoms with E-state index in [1.807, 2.05) is 0 Å². The zero-order valence-electron chi connectivity index (χ0n) is 4.07. The van der Waals surface area contributed by atoms with E-state index in [9.17, 15) is 5.21 Å². The first-order chi connectivity index (χ1) is 3.79. The van der Waals surface area contributed by atoms with Gasteiger partial charge in [-0.1, -0.05) is 12.2 Å². The Bertz CT molecular complexity index is 210. The zero-order valence-corrected chi connectivity index (χ0v) is 4.89. The largest absolute Gasteiger partial charge is 0.806 e. The lowest BCUT2D eigenvalue weighted by atomic mass is 10.5. The highest BCUT2D eigenvalue weighted by atomic mass is 32.1. The van der Waals surface area contributed by atoms with Gasteiger partial charge in [-0.2, -0.15) is 0 Å². The quantitative estimate of drug-likeness (QED) is 0.493. The fourth-order valence-corrected chi connectivity index (χ4v) is 0.521. The number of rotatable bonds is 0. The molecular weight excluding hydrogens is 122 g/mol. The lowest BCUT2D eigenvalue weighted by Gasteiger charge is -2.05. The molecule has 1 rings (SSSR count). The van der Waals surface area contributed by atoms with Crippen LogP contribution in [0.3, 0.4) is 0 Å². The second-order valence-corrected chi connectivity index (χ2v) is 1.87. The summed E-state index contributed by atoms with van der Waals surface area (Å²) in [4.78, 5) is 0. The van der Waals surface area contributed by atoms with Gasteiger partial charge in [0.05, 0.1) is 0 Å². The van der Waals surface area contributed by atoms with Crippen LogP contribution >= 0.6 is 12.2 Å². The van der Waals surface area contributed by atoms with Crippen molar-refractivity contribution in [3.63, 3.8) is 0 Å². The fraction of sp³-hybridized carbons (Fsp3) is 0. The molecule has 0 N–H and O–H groups in total. The van der Waals surface area contributed by atoms with Crippen LogP contribution in [-0.2, 0) is 0 Å². The molecule has 0 saturated carbocycles. The molecule has 1 aromatic rings. The third-order valence-electron chi connectivity index (χ3n) is 0.771. The van der Waals surface area contributed by atoms with Crippen molar-refractivity contribution in [3.05, 3.63) is 34.2 Å². The van der Waals surface area contributed by atoms with Gasteiger partial charge in [-0.25, -0.2) is 0 Å². The van der Waals surface area contributed by atoms with Gasteiger partial charge in [-0.15, -0.1) is 0 Å². The van der Waals surface area contributed by atoms with Crippen LogP contribution in [0, 0.1) is 9.72 Å². The van der Waals surface area contributed by atoms with Gasteiger partial charge in [-0.05, 0) is 24.5 Å². The van der Waals surface area contributed by atoms with Gasteiger partial charge in [0, 0.05) is 4.51 Å². The number of hydrogen-bond acceptors (Lipinski definition) is 2. The summed E-state index contributed by atoms with van der Waals surface area (Å²) in [7, 11) is 0. The Morgan fingerprint density at radius 1 is 1.38 bits per heavy atom. The van der Waals surface area contributed by atoms with E-state index in [1.54, 1.807) is 12.1 Å². The molecule has 0 amide bonds. The van der Waals surface area contributed by atoms with Crippen molar-refractivity contribution in [3.8, 4) is 0 Å². The van der Waals surface area contributed by atoms with Crippen LogP contribution in [-0.4, -0.2) is 4.73 Å². The molecule has 1 heterocycles. The van der Waals surface area contributed by atoms with E-state index < -0.39 is 0 Å². The number of aromatic nitrogens is 1. The van der Waals surface area contributed by atoms with Crippen LogP contribution < -0.4 is 0 Å². The summed E-state index contributed by atoms with van der Waals surface area (Å²) in [6.07, 6.45) is 2.75. The second-order valence-electron chi connectivity index (χ2n) is 1.39. The highest BCUT2D eigenvalue weighted by molar-refractivity contribution is 7.71. The Labute approximate surface area is 52.0 Å². The van der Waals surface area contributed by atoms with E-state index in [2.05, 4.69) is 0 Å². The smallest absolute Gasteiger partial charge is 0.0405 e. The molecule has 0 aliphatic carbocycles. The first-order valence-electron chi connectivity index (χ1n) is 2.15. The first kappa shape index (κ1) is 5.31. The first-order valence-corrected chi connectivity index (χ1v) is 2.56. The average molecular weight is 126 g/mol. The summed E-state index contributed by atoms with van der Waals surface area (Å²) in [6.45, 7) is 0. The molecule has 1 aromatic heterocycles. The van der Waals surface area contributed by atoms with Crippen molar-refractivity contribution in [2.24, 2.45) is 0 Å². The minimum absolute atomic E-state index is 0.692. The van der Waals surface area contributed by atoms with Crippen LogP contribution in [0.15, 0.2) is 24.5 Å². The molecule has 0 atom stereocenters. The molecule has 0 aliphatic heterocycles.